The van der Waals surface area contributed by atoms with E-state index in [-0.39, 0.29) is 11.6 Å². The minimum Gasteiger partial charge on any atom is -0.328 e. The lowest BCUT2D eigenvalue weighted by molar-refractivity contribution is 0.0913. The number of aryl methyl sites for hydroxylation is 1. The van der Waals surface area contributed by atoms with Crippen molar-refractivity contribution >= 4 is 5.78 Å². The zero-order valence-electron chi connectivity index (χ0n) is 11.7. The van der Waals surface area contributed by atoms with Crippen molar-refractivity contribution in [1.29, 1.82) is 0 Å². The van der Waals surface area contributed by atoms with Crippen molar-refractivity contribution in [3.05, 3.63) is 34.9 Å². The summed E-state index contributed by atoms with van der Waals surface area (Å²) in [6, 6.07) is 2.55. The summed E-state index contributed by atoms with van der Waals surface area (Å²) in [5.74, 6) is -2.40. The summed E-state index contributed by atoms with van der Waals surface area (Å²) in [5, 5.41) is 0. The van der Waals surface area contributed by atoms with E-state index in [9.17, 15) is 13.6 Å². The number of hydrogen-bond acceptors (Lipinski definition) is 2. The van der Waals surface area contributed by atoms with Gasteiger partial charge >= 0.3 is 0 Å². The second-order valence-electron chi connectivity index (χ2n) is 5.23. The van der Waals surface area contributed by atoms with E-state index in [0.717, 1.165) is 18.9 Å². The third kappa shape index (κ3) is 4.10. The Morgan fingerprint density at radius 1 is 1.26 bits per heavy atom. The predicted octanol–water partition coefficient (Wildman–Crippen LogP) is 3.61. The maximum Gasteiger partial charge on any atom is 0.171 e. The topological polar surface area (TPSA) is 43.1 Å². The Labute approximate surface area is 113 Å². The summed E-state index contributed by atoms with van der Waals surface area (Å²) in [5.41, 5.74) is 5.50. The first-order valence-electron chi connectivity index (χ1n) is 6.59. The van der Waals surface area contributed by atoms with Crippen molar-refractivity contribution in [3.8, 4) is 0 Å². The summed E-state index contributed by atoms with van der Waals surface area (Å²) in [4.78, 5) is 12.1. The Morgan fingerprint density at radius 3 is 2.47 bits per heavy atom. The van der Waals surface area contributed by atoms with Crippen LogP contribution in [0.3, 0.4) is 0 Å². The lowest BCUT2D eigenvalue weighted by Gasteiger charge is -2.13. The average Bonchev–Trinajstić information content (AvgIpc) is 2.33. The predicted molar refractivity (Wildman–Crippen MR) is 72.1 cm³/mol. The Balaban J connectivity index is 2.80. The minimum absolute atomic E-state index is 0.0785. The van der Waals surface area contributed by atoms with Crippen molar-refractivity contribution in [1.82, 2.24) is 0 Å². The van der Waals surface area contributed by atoms with Crippen molar-refractivity contribution in [3.63, 3.8) is 0 Å². The van der Waals surface area contributed by atoms with Crippen molar-refractivity contribution < 1.29 is 13.6 Å². The minimum atomic E-state index is -0.785. The van der Waals surface area contributed by atoms with Gasteiger partial charge in [0.25, 0.3) is 0 Å². The monoisotopic (exact) mass is 269 g/mol. The second-order valence-corrected chi connectivity index (χ2v) is 5.23. The van der Waals surface area contributed by atoms with E-state index < -0.39 is 28.9 Å². The number of carbonyl (C=O) groups is 1. The molecule has 0 spiro atoms. The van der Waals surface area contributed by atoms with Gasteiger partial charge in [0, 0.05) is 12.0 Å². The fourth-order valence-electron chi connectivity index (χ4n) is 2.01. The molecular formula is C15H21F2NO. The molecule has 0 amide bonds. The summed E-state index contributed by atoms with van der Waals surface area (Å²) in [6.45, 7) is 5.11. The number of ketones is 1. The molecule has 0 aromatic heterocycles. The van der Waals surface area contributed by atoms with E-state index >= 15 is 0 Å². The number of halogens is 2. The number of hydrogen-bond donors (Lipinski definition) is 1. The van der Waals surface area contributed by atoms with Crippen LogP contribution in [0.15, 0.2) is 12.1 Å². The molecule has 0 aliphatic rings. The van der Waals surface area contributed by atoms with Gasteiger partial charge in [0.05, 0.1) is 5.56 Å². The standard InChI is InChI=1S/C15H21F2NO/c1-9-7-8-12(16)13(14(9)17)15(19)10(2)5-4-6-11(3)18/h7-8,10-11H,4-6,18H2,1-3H3. The fourth-order valence-corrected chi connectivity index (χ4v) is 2.01. The van der Waals surface area contributed by atoms with Crippen LogP contribution in [-0.4, -0.2) is 11.8 Å². The highest BCUT2D eigenvalue weighted by Gasteiger charge is 2.23. The first kappa shape index (κ1) is 15.8. The van der Waals surface area contributed by atoms with Gasteiger partial charge in [-0.25, -0.2) is 8.78 Å². The fraction of sp³-hybridized carbons (Fsp3) is 0.533. The Hall–Kier alpha value is -1.29. The largest absolute Gasteiger partial charge is 0.328 e. The number of Topliss-reactive ketones (excluding diaryl/α,β-unsaturated/α-hetero) is 1. The van der Waals surface area contributed by atoms with Gasteiger partial charge < -0.3 is 5.73 Å². The van der Waals surface area contributed by atoms with E-state index in [0.29, 0.717) is 6.42 Å². The molecule has 2 nitrogen and oxygen atoms in total. The lowest BCUT2D eigenvalue weighted by Crippen LogP contribution is -2.18. The van der Waals surface area contributed by atoms with Crippen LogP contribution in [0.5, 0.6) is 0 Å². The van der Waals surface area contributed by atoms with Gasteiger partial charge in [-0.05, 0) is 38.3 Å². The van der Waals surface area contributed by atoms with Crippen molar-refractivity contribution in [2.45, 2.75) is 46.1 Å². The zero-order chi connectivity index (χ0) is 14.6. The molecule has 2 N–H and O–H groups in total. The van der Waals surface area contributed by atoms with Gasteiger partial charge in [-0.1, -0.05) is 19.4 Å². The summed E-state index contributed by atoms with van der Waals surface area (Å²) < 4.78 is 27.5. The molecule has 106 valence electrons. The van der Waals surface area contributed by atoms with Crippen LogP contribution >= 0.6 is 0 Å². The van der Waals surface area contributed by atoms with Gasteiger partial charge in [-0.3, -0.25) is 4.79 Å². The van der Waals surface area contributed by atoms with Gasteiger partial charge in [0.1, 0.15) is 11.6 Å². The summed E-state index contributed by atoms with van der Waals surface area (Å²) in [7, 11) is 0. The Kier molecular flexibility index (Phi) is 5.60. The highest BCUT2D eigenvalue weighted by molar-refractivity contribution is 5.98. The molecule has 1 aromatic carbocycles. The molecular weight excluding hydrogens is 248 g/mol. The Morgan fingerprint density at radius 2 is 1.89 bits per heavy atom. The molecule has 0 radical (unpaired) electrons. The van der Waals surface area contributed by atoms with Crippen molar-refractivity contribution in [2.75, 3.05) is 0 Å². The molecule has 1 aromatic rings. The molecule has 0 saturated carbocycles. The normalized spacial score (nSPS) is 14.2. The molecule has 2 unspecified atom stereocenters. The number of nitrogens with two attached hydrogens (primary N) is 1. The van der Waals surface area contributed by atoms with Crippen LogP contribution in [0.2, 0.25) is 0 Å². The third-order valence-corrected chi connectivity index (χ3v) is 3.27. The molecule has 0 heterocycles. The van der Waals surface area contributed by atoms with E-state index in [4.69, 9.17) is 5.73 Å². The highest BCUT2D eigenvalue weighted by atomic mass is 19.1. The quantitative estimate of drug-likeness (QED) is 0.802. The lowest BCUT2D eigenvalue weighted by atomic mass is 9.92. The number of benzene rings is 1. The Bertz CT molecular complexity index is 458. The number of rotatable bonds is 6. The summed E-state index contributed by atoms with van der Waals surface area (Å²) in [6.07, 6.45) is 2.17. The SMILES string of the molecule is Cc1ccc(F)c(C(=O)C(C)CCCC(C)N)c1F. The molecule has 0 saturated heterocycles. The molecule has 4 heteroatoms. The molecule has 0 aliphatic heterocycles. The maximum atomic E-state index is 13.8. The van der Waals surface area contributed by atoms with E-state index in [1.54, 1.807) is 6.92 Å². The van der Waals surface area contributed by atoms with Crippen LogP contribution in [-0.2, 0) is 0 Å². The van der Waals surface area contributed by atoms with Crippen molar-refractivity contribution in [2.24, 2.45) is 11.7 Å². The molecule has 1 rings (SSSR count). The van der Waals surface area contributed by atoms with E-state index in [2.05, 4.69) is 0 Å². The van der Waals surface area contributed by atoms with Gasteiger partial charge in [0.15, 0.2) is 5.78 Å². The maximum absolute atomic E-state index is 13.8. The van der Waals surface area contributed by atoms with Crippen LogP contribution in [0, 0.1) is 24.5 Å². The van der Waals surface area contributed by atoms with E-state index in [1.807, 2.05) is 6.92 Å². The first-order valence-corrected chi connectivity index (χ1v) is 6.59. The van der Waals surface area contributed by atoms with Gasteiger partial charge in [-0.2, -0.15) is 0 Å². The van der Waals surface area contributed by atoms with Gasteiger partial charge in [0.2, 0.25) is 0 Å². The molecule has 19 heavy (non-hydrogen) atoms. The van der Waals surface area contributed by atoms with E-state index in [1.165, 1.54) is 13.0 Å². The van der Waals surface area contributed by atoms with Crippen LogP contribution in [0.1, 0.15) is 49.0 Å². The van der Waals surface area contributed by atoms with Crippen LogP contribution in [0.25, 0.3) is 0 Å². The molecule has 0 aliphatic carbocycles. The molecule has 0 bridgehead atoms. The number of carbonyl (C=O) groups excluding carboxylic acids is 1. The second kappa shape index (κ2) is 6.75. The molecule has 0 fully saturated rings. The first-order chi connectivity index (χ1) is 8.84. The third-order valence-electron chi connectivity index (χ3n) is 3.27. The molecule has 2 atom stereocenters. The zero-order valence-corrected chi connectivity index (χ0v) is 11.7. The van der Waals surface area contributed by atoms with Crippen LogP contribution < -0.4 is 5.73 Å². The van der Waals surface area contributed by atoms with Crippen LogP contribution in [0.4, 0.5) is 8.78 Å². The highest BCUT2D eigenvalue weighted by Crippen LogP contribution is 2.22. The average molecular weight is 269 g/mol. The van der Waals surface area contributed by atoms with Gasteiger partial charge in [-0.15, -0.1) is 0 Å². The smallest absolute Gasteiger partial charge is 0.171 e. The summed E-state index contributed by atoms with van der Waals surface area (Å²) >= 11 is 0.